The van der Waals surface area contributed by atoms with Crippen LogP contribution < -0.4 is 4.74 Å². The highest BCUT2D eigenvalue weighted by atomic mass is 19.4. The second-order valence-corrected chi connectivity index (χ2v) is 12.0. The third-order valence-electron chi connectivity index (χ3n) is 8.92. The summed E-state index contributed by atoms with van der Waals surface area (Å²) in [6.07, 6.45) is -1.33. The number of hydrogen-bond donors (Lipinski definition) is 2. The molecule has 0 aliphatic carbocycles. The topological polar surface area (TPSA) is 103 Å². The second kappa shape index (κ2) is 13.3. The van der Waals surface area contributed by atoms with Gasteiger partial charge in [-0.25, -0.2) is 4.98 Å². The van der Waals surface area contributed by atoms with Gasteiger partial charge in [-0.05, 0) is 89.5 Å². The number of rotatable bonds is 8. The number of nitrogens with zero attached hydrogens (tertiary/aromatic N) is 3. The highest BCUT2D eigenvalue weighted by Crippen LogP contribution is 2.39. The van der Waals surface area contributed by atoms with Gasteiger partial charge < -0.3 is 19.4 Å². The molecule has 0 radical (unpaired) electrons. The van der Waals surface area contributed by atoms with Crippen molar-refractivity contribution in [1.29, 1.82) is 5.26 Å². The maximum Gasteiger partial charge on any atom is 0.417 e. The Balaban J connectivity index is 1.36. The SMILES string of the molecule is COc1cc(/C=C/c2cccc(-c3cccc(-c4nc5cc(CO)cc(C#N)c5o4)c3C)c2C)c(C(F)(F)F)cc1CN1CC[C@H](O)C1. The summed E-state index contributed by atoms with van der Waals surface area (Å²) < 4.78 is 54.6. The summed E-state index contributed by atoms with van der Waals surface area (Å²) in [4.78, 5) is 6.54. The molecule has 1 aromatic heterocycles. The quantitative estimate of drug-likeness (QED) is 0.164. The van der Waals surface area contributed by atoms with Gasteiger partial charge in [-0.15, -0.1) is 0 Å². The molecule has 1 saturated heterocycles. The predicted octanol–water partition coefficient (Wildman–Crippen LogP) is 7.91. The van der Waals surface area contributed by atoms with Crippen molar-refractivity contribution in [1.82, 2.24) is 9.88 Å². The first-order valence-electron chi connectivity index (χ1n) is 15.5. The molecule has 5 aromatic rings. The summed E-state index contributed by atoms with van der Waals surface area (Å²) >= 11 is 0. The van der Waals surface area contributed by atoms with Crippen LogP contribution in [0, 0.1) is 25.2 Å². The van der Waals surface area contributed by atoms with Crippen molar-refractivity contribution >= 4 is 23.3 Å². The maximum absolute atomic E-state index is 14.3. The van der Waals surface area contributed by atoms with Crippen LogP contribution in [0.15, 0.2) is 65.1 Å². The van der Waals surface area contributed by atoms with E-state index in [4.69, 9.17) is 9.15 Å². The number of β-amino-alcohol motifs (C(OH)–C–C–N with tert-alkyl or cyclic N) is 1. The Bertz CT molecular complexity index is 2080. The van der Waals surface area contributed by atoms with Crippen LogP contribution in [-0.2, 0) is 19.3 Å². The van der Waals surface area contributed by atoms with E-state index in [1.54, 1.807) is 18.2 Å². The van der Waals surface area contributed by atoms with Crippen LogP contribution in [-0.4, -0.2) is 46.4 Å². The Morgan fingerprint density at radius 1 is 1.02 bits per heavy atom. The fraction of sp³-hybridized carbons (Fsp3) is 0.263. The van der Waals surface area contributed by atoms with Crippen molar-refractivity contribution in [2.24, 2.45) is 0 Å². The van der Waals surface area contributed by atoms with Gasteiger partial charge in [0.15, 0.2) is 5.58 Å². The molecule has 7 nitrogen and oxygen atoms in total. The number of methoxy groups -OCH3 is 1. The summed E-state index contributed by atoms with van der Waals surface area (Å²) in [6, 6.07) is 19.3. The van der Waals surface area contributed by atoms with Crippen LogP contribution in [0.3, 0.4) is 0 Å². The van der Waals surface area contributed by atoms with E-state index in [1.807, 2.05) is 55.1 Å². The summed E-state index contributed by atoms with van der Waals surface area (Å²) in [6.45, 7) is 4.90. The van der Waals surface area contributed by atoms with Crippen molar-refractivity contribution in [2.75, 3.05) is 20.2 Å². The van der Waals surface area contributed by atoms with Crippen molar-refractivity contribution in [3.63, 3.8) is 0 Å². The van der Waals surface area contributed by atoms with E-state index in [-0.39, 0.29) is 24.3 Å². The van der Waals surface area contributed by atoms with Gasteiger partial charge in [0.2, 0.25) is 5.89 Å². The Morgan fingerprint density at radius 2 is 1.73 bits per heavy atom. The molecule has 2 heterocycles. The molecule has 0 spiro atoms. The van der Waals surface area contributed by atoms with E-state index >= 15 is 0 Å². The van der Waals surface area contributed by atoms with Crippen LogP contribution in [0.4, 0.5) is 13.2 Å². The summed E-state index contributed by atoms with van der Waals surface area (Å²) in [5, 5.41) is 29.1. The molecular formula is C38H34F3N3O4. The van der Waals surface area contributed by atoms with Gasteiger partial charge in [0.25, 0.3) is 0 Å². The van der Waals surface area contributed by atoms with Crippen molar-refractivity contribution in [2.45, 2.75) is 45.7 Å². The van der Waals surface area contributed by atoms with E-state index < -0.39 is 17.8 Å². The molecule has 4 aromatic carbocycles. The number of aliphatic hydroxyl groups is 2. The standard InChI is InChI=1S/C38H34F3N3O4/c1-22-25(10-11-26-17-35(47-3)28(16-33(26)38(39,40)41)19-44-13-12-29(46)20-44)6-4-7-30(22)31-8-5-9-32(23(31)2)37-43-34-15-24(21-45)14-27(18-42)36(34)48-37/h4-11,14-17,29,45-46H,12-13,19-21H2,1-3H3/b11-10+/t29-/m0/s1. The Labute approximate surface area is 276 Å². The molecule has 1 fully saturated rings. The highest BCUT2D eigenvalue weighted by Gasteiger charge is 2.34. The molecule has 10 heteroatoms. The fourth-order valence-electron chi connectivity index (χ4n) is 6.38. The minimum Gasteiger partial charge on any atom is -0.496 e. The number of aromatic nitrogens is 1. The molecule has 0 unspecified atom stereocenters. The lowest BCUT2D eigenvalue weighted by molar-refractivity contribution is -0.137. The van der Waals surface area contributed by atoms with Crippen molar-refractivity contribution in [3.05, 3.63) is 105 Å². The zero-order valence-electron chi connectivity index (χ0n) is 26.7. The normalized spacial score (nSPS) is 15.4. The number of aliphatic hydroxyl groups excluding tert-OH is 2. The number of ether oxygens (including phenoxy) is 1. The molecule has 1 aliphatic heterocycles. The van der Waals surface area contributed by atoms with E-state index in [0.29, 0.717) is 53.4 Å². The number of nitriles is 1. The first-order chi connectivity index (χ1) is 23.0. The van der Waals surface area contributed by atoms with Crippen LogP contribution >= 0.6 is 0 Å². The average Bonchev–Trinajstić information content (AvgIpc) is 3.69. The zero-order chi connectivity index (χ0) is 34.2. The first kappa shape index (κ1) is 33.0. The number of likely N-dealkylation sites (tertiary alicyclic amines) is 1. The lowest BCUT2D eigenvalue weighted by atomic mass is 9.91. The van der Waals surface area contributed by atoms with E-state index in [9.17, 15) is 28.6 Å². The molecule has 1 aliphatic rings. The van der Waals surface area contributed by atoms with Crippen molar-refractivity contribution < 1.29 is 32.5 Å². The van der Waals surface area contributed by atoms with Gasteiger partial charge in [0, 0.05) is 30.8 Å². The molecule has 0 bridgehead atoms. The number of halogens is 3. The van der Waals surface area contributed by atoms with Gasteiger partial charge in [-0.1, -0.05) is 42.5 Å². The van der Waals surface area contributed by atoms with Crippen LogP contribution in [0.25, 0.3) is 45.8 Å². The third-order valence-corrected chi connectivity index (χ3v) is 8.92. The Morgan fingerprint density at radius 3 is 2.40 bits per heavy atom. The maximum atomic E-state index is 14.3. The highest BCUT2D eigenvalue weighted by molar-refractivity contribution is 5.85. The van der Waals surface area contributed by atoms with Gasteiger partial charge in [-0.3, -0.25) is 4.90 Å². The molecule has 2 N–H and O–H groups in total. The monoisotopic (exact) mass is 653 g/mol. The molecule has 246 valence electrons. The average molecular weight is 654 g/mol. The fourth-order valence-corrected chi connectivity index (χ4v) is 6.38. The molecular weight excluding hydrogens is 619 g/mol. The molecule has 1 atom stereocenters. The molecule has 48 heavy (non-hydrogen) atoms. The molecule has 6 rings (SSSR count). The molecule has 0 saturated carbocycles. The number of oxazole rings is 1. The summed E-state index contributed by atoms with van der Waals surface area (Å²) in [7, 11) is 1.44. The zero-order valence-corrected chi connectivity index (χ0v) is 26.7. The van der Waals surface area contributed by atoms with E-state index in [1.165, 1.54) is 19.3 Å². The summed E-state index contributed by atoms with van der Waals surface area (Å²) in [5.74, 6) is 0.693. The number of benzene rings is 4. The lowest BCUT2D eigenvalue weighted by Crippen LogP contribution is -2.22. The lowest BCUT2D eigenvalue weighted by Gasteiger charge is -2.20. The molecule has 0 amide bonds. The number of hydrogen-bond acceptors (Lipinski definition) is 7. The first-order valence-corrected chi connectivity index (χ1v) is 15.5. The van der Waals surface area contributed by atoms with E-state index in [0.717, 1.165) is 39.4 Å². The smallest absolute Gasteiger partial charge is 0.417 e. The van der Waals surface area contributed by atoms with Crippen molar-refractivity contribution in [3.8, 4) is 34.4 Å². The Hall–Kier alpha value is -4.95. The van der Waals surface area contributed by atoms with E-state index in [2.05, 4.69) is 11.1 Å². The predicted molar refractivity (Wildman–Crippen MR) is 178 cm³/mol. The van der Waals surface area contributed by atoms with Crippen LogP contribution in [0.5, 0.6) is 5.75 Å². The number of fused-ring (bicyclic) bond motifs is 1. The van der Waals surface area contributed by atoms with Gasteiger partial charge in [0.05, 0.1) is 30.9 Å². The van der Waals surface area contributed by atoms with Crippen LogP contribution in [0.2, 0.25) is 0 Å². The van der Waals surface area contributed by atoms with Gasteiger partial charge in [0.1, 0.15) is 17.3 Å². The second-order valence-electron chi connectivity index (χ2n) is 12.0. The van der Waals surface area contributed by atoms with Crippen LogP contribution in [0.1, 0.15) is 50.9 Å². The Kier molecular flexibility index (Phi) is 9.12. The largest absolute Gasteiger partial charge is 0.496 e. The van der Waals surface area contributed by atoms with Gasteiger partial charge in [-0.2, -0.15) is 18.4 Å². The van der Waals surface area contributed by atoms with Gasteiger partial charge >= 0.3 is 6.18 Å². The number of alkyl halides is 3. The third kappa shape index (κ3) is 6.45. The minimum atomic E-state index is -4.59. The summed E-state index contributed by atoms with van der Waals surface area (Å²) in [5.41, 5.74) is 6.32. The minimum absolute atomic E-state index is 0.00964.